The maximum Gasteiger partial charge on any atom is 0.317 e. The molecule has 9 heteroatoms. The Morgan fingerprint density at radius 2 is 1.62 bits per heavy atom. The SMILES string of the molecule is C=Cc1ccc(OCCC[Si]2(C)O[SiH](C)O[SiH](C)O[SiH](C)O2)cc1. The van der Waals surface area contributed by atoms with Gasteiger partial charge in [-0.15, -0.1) is 0 Å². The smallest absolute Gasteiger partial charge is 0.317 e. The Morgan fingerprint density at radius 1 is 1.04 bits per heavy atom. The average Bonchev–Trinajstić information content (AvgIpc) is 2.50. The second-order valence-electron chi connectivity index (χ2n) is 6.07. The Morgan fingerprint density at radius 3 is 2.17 bits per heavy atom. The van der Waals surface area contributed by atoms with Crippen LogP contribution in [0.4, 0.5) is 0 Å². The van der Waals surface area contributed by atoms with Crippen LogP contribution >= 0.6 is 0 Å². The highest BCUT2D eigenvalue weighted by Crippen LogP contribution is 2.22. The maximum absolute atomic E-state index is 6.26. The van der Waals surface area contributed by atoms with E-state index in [-0.39, 0.29) is 0 Å². The zero-order valence-electron chi connectivity index (χ0n) is 15.0. The molecule has 2 unspecified atom stereocenters. The van der Waals surface area contributed by atoms with Gasteiger partial charge in [0, 0.05) is 0 Å². The Bertz CT molecular complexity index is 513. The summed E-state index contributed by atoms with van der Waals surface area (Å²) in [6, 6.07) is 8.84. The molecule has 1 aromatic carbocycles. The van der Waals surface area contributed by atoms with Gasteiger partial charge in [-0.05, 0) is 56.3 Å². The molecule has 0 bridgehead atoms. The number of benzene rings is 1. The van der Waals surface area contributed by atoms with Gasteiger partial charge in [0.15, 0.2) is 0 Å². The van der Waals surface area contributed by atoms with E-state index in [9.17, 15) is 0 Å². The second kappa shape index (κ2) is 9.24. The van der Waals surface area contributed by atoms with Gasteiger partial charge in [0.05, 0.1) is 6.61 Å². The third kappa shape index (κ3) is 6.41. The zero-order valence-corrected chi connectivity index (χ0v) is 19.5. The predicted molar refractivity (Wildman–Crippen MR) is 106 cm³/mol. The number of hydrogen-bond acceptors (Lipinski definition) is 5. The minimum atomic E-state index is -2.23. The van der Waals surface area contributed by atoms with Crippen LogP contribution in [-0.4, -0.2) is 43.0 Å². The van der Waals surface area contributed by atoms with E-state index in [1.165, 1.54) is 0 Å². The van der Waals surface area contributed by atoms with E-state index in [0.29, 0.717) is 6.61 Å². The topological polar surface area (TPSA) is 46.2 Å². The van der Waals surface area contributed by atoms with Crippen LogP contribution in [0.15, 0.2) is 30.8 Å². The molecule has 0 spiro atoms. The highest BCUT2D eigenvalue weighted by molar-refractivity contribution is 6.81. The maximum atomic E-state index is 6.26. The first-order valence-corrected chi connectivity index (χ1v) is 17.2. The van der Waals surface area contributed by atoms with Crippen molar-refractivity contribution in [2.24, 2.45) is 0 Å². The van der Waals surface area contributed by atoms with Crippen LogP contribution in [-0.2, 0) is 16.5 Å². The minimum absolute atomic E-state index is 0.654. The molecule has 1 aliphatic rings. The van der Waals surface area contributed by atoms with E-state index in [1.807, 2.05) is 30.3 Å². The quantitative estimate of drug-likeness (QED) is 0.543. The Labute approximate surface area is 151 Å². The second-order valence-corrected chi connectivity index (χ2v) is 16.3. The van der Waals surface area contributed by atoms with Crippen LogP contribution in [0.3, 0.4) is 0 Å². The Kier molecular flexibility index (Phi) is 7.62. The van der Waals surface area contributed by atoms with E-state index in [1.54, 1.807) is 0 Å². The van der Waals surface area contributed by atoms with Gasteiger partial charge in [-0.1, -0.05) is 24.8 Å². The lowest BCUT2D eigenvalue weighted by molar-refractivity contribution is 0.266. The molecule has 0 aromatic heterocycles. The van der Waals surface area contributed by atoms with Crippen molar-refractivity contribution >= 4 is 42.5 Å². The van der Waals surface area contributed by atoms with Crippen LogP contribution in [0.25, 0.3) is 6.08 Å². The Balaban J connectivity index is 1.81. The lowest BCUT2D eigenvalue weighted by Crippen LogP contribution is -2.53. The van der Waals surface area contributed by atoms with Gasteiger partial charge in [-0.3, -0.25) is 0 Å². The van der Waals surface area contributed by atoms with Crippen LogP contribution < -0.4 is 4.74 Å². The summed E-state index contributed by atoms with van der Waals surface area (Å²) in [6.07, 6.45) is 2.73. The van der Waals surface area contributed by atoms with Gasteiger partial charge >= 0.3 is 8.56 Å². The normalized spacial score (nSPS) is 31.1. The fraction of sp³-hybridized carbons (Fsp3) is 0.467. The van der Waals surface area contributed by atoms with Crippen LogP contribution in [0, 0.1) is 0 Å². The van der Waals surface area contributed by atoms with Crippen molar-refractivity contribution in [2.75, 3.05) is 6.61 Å². The third-order valence-corrected chi connectivity index (χ3v) is 17.8. The van der Waals surface area contributed by atoms with Crippen molar-refractivity contribution in [2.45, 2.75) is 38.7 Å². The van der Waals surface area contributed by atoms with Gasteiger partial charge in [-0.2, -0.15) is 0 Å². The molecule has 0 saturated carbocycles. The van der Waals surface area contributed by atoms with Crippen molar-refractivity contribution in [3.63, 3.8) is 0 Å². The highest BCUT2D eigenvalue weighted by Gasteiger charge is 2.38. The monoisotopic (exact) mass is 400 g/mol. The van der Waals surface area contributed by atoms with Crippen molar-refractivity contribution in [3.05, 3.63) is 36.4 Å². The number of rotatable bonds is 6. The van der Waals surface area contributed by atoms with Gasteiger partial charge in [0.2, 0.25) is 0 Å². The molecule has 1 heterocycles. The van der Waals surface area contributed by atoms with E-state index in [2.05, 4.69) is 32.8 Å². The van der Waals surface area contributed by atoms with Crippen molar-refractivity contribution in [1.29, 1.82) is 0 Å². The zero-order chi connectivity index (χ0) is 17.6. The average molecular weight is 401 g/mol. The Hall–Kier alpha value is -0.532. The highest BCUT2D eigenvalue weighted by atomic mass is 28.5. The first-order valence-electron chi connectivity index (χ1n) is 8.42. The molecule has 5 nitrogen and oxygen atoms in total. The van der Waals surface area contributed by atoms with Gasteiger partial charge in [0.25, 0.3) is 27.9 Å². The molecule has 0 aliphatic carbocycles. The van der Waals surface area contributed by atoms with E-state index in [4.69, 9.17) is 21.2 Å². The molecule has 134 valence electrons. The van der Waals surface area contributed by atoms with Crippen molar-refractivity contribution in [3.8, 4) is 5.75 Å². The molecule has 2 atom stereocenters. The molecule has 0 radical (unpaired) electrons. The third-order valence-electron chi connectivity index (χ3n) is 3.76. The van der Waals surface area contributed by atoms with E-state index < -0.39 is 36.4 Å². The molecule has 0 amide bonds. The standard InChI is InChI=1S/C15H28O5Si4/c1-6-14-8-10-15(11-9-14)16-12-7-13-24(5)19-22(3)17-21(2)18-23(4)20-24/h6,8-11,21-23H,1,7,12-13H2,2-5H3. The first kappa shape index (κ1) is 19.8. The van der Waals surface area contributed by atoms with Crippen LogP contribution in [0.1, 0.15) is 12.0 Å². The van der Waals surface area contributed by atoms with E-state index >= 15 is 0 Å². The number of hydrogen-bond donors (Lipinski definition) is 0. The minimum Gasteiger partial charge on any atom is -0.494 e. The summed E-state index contributed by atoms with van der Waals surface area (Å²) in [4.78, 5) is 0. The molecule has 1 aliphatic heterocycles. The number of ether oxygens (including phenoxy) is 1. The molecule has 1 fully saturated rings. The molecule has 0 N–H and O–H groups in total. The fourth-order valence-electron chi connectivity index (χ4n) is 2.76. The molecular weight excluding hydrogens is 373 g/mol. The predicted octanol–water partition coefficient (Wildman–Crippen LogP) is 2.80. The lowest BCUT2D eigenvalue weighted by Gasteiger charge is -2.37. The first-order chi connectivity index (χ1) is 11.4. The summed E-state index contributed by atoms with van der Waals surface area (Å²) in [6.45, 7) is 12.7. The van der Waals surface area contributed by atoms with E-state index in [0.717, 1.165) is 23.8 Å². The molecular formula is C15H28O5Si4. The van der Waals surface area contributed by atoms with Crippen molar-refractivity contribution < 1.29 is 21.2 Å². The fourth-order valence-corrected chi connectivity index (χ4v) is 17.4. The summed E-state index contributed by atoms with van der Waals surface area (Å²) in [5.41, 5.74) is 1.09. The summed E-state index contributed by atoms with van der Waals surface area (Å²) in [7, 11) is -7.09. The van der Waals surface area contributed by atoms with Crippen molar-refractivity contribution in [1.82, 2.24) is 0 Å². The largest absolute Gasteiger partial charge is 0.494 e. The summed E-state index contributed by atoms with van der Waals surface area (Å²) >= 11 is 0. The summed E-state index contributed by atoms with van der Waals surface area (Å²) in [5.74, 6) is 0.879. The molecule has 2 rings (SSSR count). The van der Waals surface area contributed by atoms with Gasteiger partial charge < -0.3 is 21.2 Å². The van der Waals surface area contributed by atoms with Gasteiger partial charge in [-0.25, -0.2) is 0 Å². The van der Waals surface area contributed by atoms with Crippen LogP contribution in [0.2, 0.25) is 32.2 Å². The summed E-state index contributed by atoms with van der Waals surface area (Å²) < 4.78 is 30.2. The summed E-state index contributed by atoms with van der Waals surface area (Å²) in [5, 5.41) is 0. The molecule has 24 heavy (non-hydrogen) atoms. The molecule has 1 aromatic rings. The van der Waals surface area contributed by atoms with Gasteiger partial charge in [0.1, 0.15) is 5.75 Å². The molecule has 1 saturated heterocycles. The van der Waals surface area contributed by atoms with Crippen LogP contribution in [0.5, 0.6) is 5.75 Å². The lowest BCUT2D eigenvalue weighted by atomic mass is 10.2.